The average molecular weight is 354 g/mol. The first kappa shape index (κ1) is 17.4. The fourth-order valence-electron chi connectivity index (χ4n) is 1.56. The van der Waals surface area contributed by atoms with E-state index in [2.05, 4.69) is 21.2 Å². The number of aryl methyl sites for hydroxylation is 1. The van der Waals surface area contributed by atoms with Crippen LogP contribution in [0.3, 0.4) is 0 Å². The number of amides is 1. The van der Waals surface area contributed by atoms with Crippen molar-refractivity contribution in [2.24, 2.45) is 0 Å². The lowest BCUT2D eigenvalue weighted by Crippen LogP contribution is -2.42. The zero-order chi connectivity index (χ0) is 16.0. The van der Waals surface area contributed by atoms with E-state index in [0.717, 1.165) is 15.6 Å². The molecule has 1 aromatic carbocycles. The second-order valence-electron chi connectivity index (χ2n) is 5.76. The number of ether oxygens (including phenoxy) is 1. The van der Waals surface area contributed by atoms with E-state index in [1.165, 1.54) is 6.08 Å². The van der Waals surface area contributed by atoms with E-state index >= 15 is 0 Å². The Bertz CT molecular complexity index is 559. The molecule has 1 N–H and O–H groups in total. The Hall–Kier alpha value is -1.62. The van der Waals surface area contributed by atoms with Gasteiger partial charge in [0.25, 0.3) is 5.91 Å². The number of benzene rings is 1. The van der Waals surface area contributed by atoms with E-state index in [9.17, 15) is 9.59 Å². The van der Waals surface area contributed by atoms with Gasteiger partial charge in [0.15, 0.2) is 6.61 Å². The summed E-state index contributed by atoms with van der Waals surface area (Å²) in [7, 11) is 0. The van der Waals surface area contributed by atoms with Crippen molar-refractivity contribution in [2.75, 3.05) is 6.61 Å². The summed E-state index contributed by atoms with van der Waals surface area (Å²) in [6.07, 6.45) is 2.95. The van der Waals surface area contributed by atoms with E-state index < -0.39 is 5.97 Å². The van der Waals surface area contributed by atoms with Crippen molar-refractivity contribution in [3.8, 4) is 0 Å². The quantitative estimate of drug-likeness (QED) is 0.667. The van der Waals surface area contributed by atoms with Gasteiger partial charge in [-0.1, -0.05) is 28.1 Å². The molecular weight excluding hydrogens is 334 g/mol. The Morgan fingerprint density at radius 1 is 1.33 bits per heavy atom. The van der Waals surface area contributed by atoms with Crippen LogP contribution in [0.4, 0.5) is 0 Å². The minimum atomic E-state index is -0.550. The fraction of sp³-hybridized carbons (Fsp3) is 0.375. The molecule has 21 heavy (non-hydrogen) atoms. The van der Waals surface area contributed by atoms with Gasteiger partial charge in [-0.25, -0.2) is 4.79 Å². The van der Waals surface area contributed by atoms with Crippen molar-refractivity contribution in [3.63, 3.8) is 0 Å². The monoisotopic (exact) mass is 353 g/mol. The summed E-state index contributed by atoms with van der Waals surface area (Å²) in [5.41, 5.74) is 1.66. The third-order valence-electron chi connectivity index (χ3n) is 2.41. The summed E-state index contributed by atoms with van der Waals surface area (Å²) >= 11 is 3.42. The molecule has 0 aliphatic heterocycles. The van der Waals surface area contributed by atoms with Gasteiger partial charge in [0.2, 0.25) is 0 Å². The zero-order valence-electron chi connectivity index (χ0n) is 12.7. The summed E-state index contributed by atoms with van der Waals surface area (Å²) in [5, 5.41) is 2.72. The second-order valence-corrected chi connectivity index (χ2v) is 6.62. The maximum atomic E-state index is 11.6. The second kappa shape index (κ2) is 7.41. The molecule has 0 aliphatic rings. The summed E-state index contributed by atoms with van der Waals surface area (Å²) in [5.74, 6) is -0.868. The lowest BCUT2D eigenvalue weighted by Gasteiger charge is -2.20. The summed E-state index contributed by atoms with van der Waals surface area (Å²) < 4.78 is 5.78. The summed E-state index contributed by atoms with van der Waals surface area (Å²) in [6.45, 7) is 7.29. The molecule has 5 heteroatoms. The fourth-order valence-corrected chi connectivity index (χ4v) is 2.19. The van der Waals surface area contributed by atoms with E-state index in [-0.39, 0.29) is 18.1 Å². The molecule has 0 saturated carbocycles. The molecule has 1 rings (SSSR count). The smallest absolute Gasteiger partial charge is 0.331 e. The third-order valence-corrected chi connectivity index (χ3v) is 3.10. The van der Waals surface area contributed by atoms with Crippen LogP contribution in [0.5, 0.6) is 0 Å². The van der Waals surface area contributed by atoms with Crippen LogP contribution in [0.15, 0.2) is 28.7 Å². The van der Waals surface area contributed by atoms with Crippen LogP contribution in [0.2, 0.25) is 0 Å². The number of halogens is 1. The number of rotatable bonds is 4. The molecule has 0 aliphatic carbocycles. The van der Waals surface area contributed by atoms with Gasteiger partial charge in [0, 0.05) is 16.1 Å². The lowest BCUT2D eigenvalue weighted by molar-refractivity contribution is -0.144. The van der Waals surface area contributed by atoms with Crippen LogP contribution in [0, 0.1) is 6.92 Å². The van der Waals surface area contributed by atoms with Gasteiger partial charge in [-0.15, -0.1) is 0 Å². The lowest BCUT2D eigenvalue weighted by atomic mass is 10.1. The maximum Gasteiger partial charge on any atom is 0.331 e. The van der Waals surface area contributed by atoms with Crippen LogP contribution in [0.1, 0.15) is 31.9 Å². The molecule has 0 atom stereocenters. The van der Waals surface area contributed by atoms with E-state index in [0.29, 0.717) is 0 Å². The van der Waals surface area contributed by atoms with Gasteiger partial charge in [-0.2, -0.15) is 0 Å². The zero-order valence-corrected chi connectivity index (χ0v) is 14.3. The van der Waals surface area contributed by atoms with Gasteiger partial charge in [-0.3, -0.25) is 4.79 Å². The van der Waals surface area contributed by atoms with Crippen molar-refractivity contribution in [1.29, 1.82) is 0 Å². The number of nitrogens with one attached hydrogen (secondary N) is 1. The van der Waals surface area contributed by atoms with Crippen molar-refractivity contribution < 1.29 is 14.3 Å². The molecule has 0 radical (unpaired) electrons. The largest absolute Gasteiger partial charge is 0.452 e. The van der Waals surface area contributed by atoms with Crippen molar-refractivity contribution in [3.05, 3.63) is 39.9 Å². The highest BCUT2D eigenvalue weighted by molar-refractivity contribution is 9.10. The topological polar surface area (TPSA) is 55.4 Å². The van der Waals surface area contributed by atoms with Crippen LogP contribution in [-0.4, -0.2) is 24.0 Å². The summed E-state index contributed by atoms with van der Waals surface area (Å²) in [4.78, 5) is 23.1. The Balaban J connectivity index is 2.50. The van der Waals surface area contributed by atoms with Gasteiger partial charge < -0.3 is 10.1 Å². The molecule has 0 unspecified atom stereocenters. The maximum absolute atomic E-state index is 11.6. The Morgan fingerprint density at radius 2 is 2.00 bits per heavy atom. The minimum Gasteiger partial charge on any atom is -0.452 e. The highest BCUT2D eigenvalue weighted by Gasteiger charge is 2.14. The predicted molar refractivity (Wildman–Crippen MR) is 86.8 cm³/mol. The van der Waals surface area contributed by atoms with E-state index in [1.807, 2.05) is 45.9 Å². The molecule has 0 spiro atoms. The Kier molecular flexibility index (Phi) is 6.15. The normalized spacial score (nSPS) is 11.5. The van der Waals surface area contributed by atoms with Crippen LogP contribution >= 0.6 is 15.9 Å². The third kappa shape index (κ3) is 7.09. The Morgan fingerprint density at radius 3 is 2.57 bits per heavy atom. The average Bonchev–Trinajstić information content (AvgIpc) is 2.33. The number of hydrogen-bond donors (Lipinski definition) is 1. The predicted octanol–water partition coefficient (Wildman–Crippen LogP) is 3.23. The first-order valence-corrected chi connectivity index (χ1v) is 7.39. The van der Waals surface area contributed by atoms with Gasteiger partial charge >= 0.3 is 5.97 Å². The highest BCUT2D eigenvalue weighted by Crippen LogP contribution is 2.19. The SMILES string of the molecule is Cc1ccc(/C=C/C(=O)OCC(=O)NC(C)(C)C)c(Br)c1. The summed E-state index contributed by atoms with van der Waals surface area (Å²) in [6, 6.07) is 5.81. The molecular formula is C16H20BrNO3. The molecule has 0 heterocycles. The van der Waals surface area contributed by atoms with Crippen molar-refractivity contribution in [1.82, 2.24) is 5.32 Å². The standard InChI is InChI=1S/C16H20BrNO3/c1-11-5-6-12(13(17)9-11)7-8-15(20)21-10-14(19)18-16(2,3)4/h5-9H,10H2,1-4H3,(H,18,19)/b8-7+. The van der Waals surface area contributed by atoms with Gasteiger partial charge in [0.1, 0.15) is 0 Å². The number of esters is 1. The molecule has 4 nitrogen and oxygen atoms in total. The highest BCUT2D eigenvalue weighted by atomic mass is 79.9. The van der Waals surface area contributed by atoms with Crippen LogP contribution in [0.25, 0.3) is 6.08 Å². The Labute approximate surface area is 133 Å². The van der Waals surface area contributed by atoms with E-state index in [1.54, 1.807) is 6.08 Å². The molecule has 0 bridgehead atoms. The van der Waals surface area contributed by atoms with Gasteiger partial charge in [-0.05, 0) is 51.0 Å². The van der Waals surface area contributed by atoms with E-state index in [4.69, 9.17) is 4.74 Å². The molecule has 0 aromatic heterocycles. The molecule has 114 valence electrons. The molecule has 1 amide bonds. The first-order chi connectivity index (χ1) is 9.67. The number of hydrogen-bond acceptors (Lipinski definition) is 3. The van der Waals surface area contributed by atoms with Crippen molar-refractivity contribution in [2.45, 2.75) is 33.2 Å². The molecule has 1 aromatic rings. The number of carbonyl (C=O) groups is 2. The molecule has 0 fully saturated rings. The first-order valence-electron chi connectivity index (χ1n) is 6.59. The van der Waals surface area contributed by atoms with Crippen molar-refractivity contribution >= 4 is 33.9 Å². The number of carbonyl (C=O) groups excluding carboxylic acids is 2. The van der Waals surface area contributed by atoms with Crippen LogP contribution < -0.4 is 5.32 Å². The van der Waals surface area contributed by atoms with Crippen LogP contribution in [-0.2, 0) is 14.3 Å². The molecule has 0 saturated heterocycles. The van der Waals surface area contributed by atoms with Gasteiger partial charge in [0.05, 0.1) is 0 Å². The minimum absolute atomic E-state index is 0.282.